The Labute approximate surface area is 188 Å². The molecule has 31 heavy (non-hydrogen) atoms. The number of rotatable bonds is 9. The second-order valence-corrected chi connectivity index (χ2v) is 10.3. The topological polar surface area (TPSA) is 72.8 Å². The number of hydrogen-bond donors (Lipinski definition) is 1. The number of carbonyl (C=O) groups excluding carboxylic acids is 2. The number of carbonyl (C=O) groups is 2. The predicted molar refractivity (Wildman–Crippen MR) is 124 cm³/mol. The molecule has 0 aliphatic carbocycles. The van der Waals surface area contributed by atoms with E-state index in [1.165, 1.54) is 0 Å². The van der Waals surface area contributed by atoms with Crippen LogP contribution < -0.4 is 0 Å². The normalized spacial score (nSPS) is 12.5. The zero-order valence-electron chi connectivity index (χ0n) is 21.0. The van der Waals surface area contributed by atoms with Gasteiger partial charge in [-0.1, -0.05) is 73.4 Å². The van der Waals surface area contributed by atoms with Crippen molar-refractivity contribution < 1.29 is 24.2 Å². The molecule has 0 spiro atoms. The molecule has 0 atom stereocenters. The molecular formula is C26H42O5. The highest BCUT2D eigenvalue weighted by Crippen LogP contribution is 2.42. The van der Waals surface area contributed by atoms with E-state index in [0.29, 0.717) is 12.8 Å². The maximum Gasteiger partial charge on any atom is 0.323 e. The van der Waals surface area contributed by atoms with E-state index in [1.54, 1.807) is 13.8 Å². The first kappa shape index (κ1) is 27.0. The Morgan fingerprint density at radius 1 is 0.839 bits per heavy atom. The lowest BCUT2D eigenvalue weighted by molar-refractivity contribution is -0.172. The summed E-state index contributed by atoms with van der Waals surface area (Å²) in [6, 6.07) is 3.84. The maximum atomic E-state index is 13.1. The summed E-state index contributed by atoms with van der Waals surface area (Å²) >= 11 is 0. The number of hydrogen-bond acceptors (Lipinski definition) is 5. The average molecular weight is 435 g/mol. The minimum absolute atomic E-state index is 0.178. The second-order valence-electron chi connectivity index (χ2n) is 10.3. The van der Waals surface area contributed by atoms with Crippen molar-refractivity contribution in [1.29, 1.82) is 0 Å². The molecule has 0 fully saturated rings. The van der Waals surface area contributed by atoms with Crippen molar-refractivity contribution in [2.45, 2.75) is 98.8 Å². The van der Waals surface area contributed by atoms with Gasteiger partial charge in [-0.2, -0.15) is 0 Å². The molecule has 176 valence electrons. The van der Waals surface area contributed by atoms with Gasteiger partial charge in [-0.25, -0.2) is 0 Å². The molecule has 1 aromatic carbocycles. The number of phenols is 1. The fourth-order valence-corrected chi connectivity index (χ4v) is 3.83. The van der Waals surface area contributed by atoms with Gasteiger partial charge in [-0.3, -0.25) is 9.59 Å². The van der Waals surface area contributed by atoms with E-state index in [2.05, 4.69) is 0 Å². The molecule has 0 unspecified atom stereocenters. The van der Waals surface area contributed by atoms with Gasteiger partial charge in [-0.15, -0.1) is 0 Å². The molecule has 5 nitrogen and oxygen atoms in total. The highest BCUT2D eigenvalue weighted by Gasteiger charge is 2.48. The minimum atomic E-state index is -1.40. The summed E-state index contributed by atoms with van der Waals surface area (Å²) in [5.74, 6) is -0.802. The van der Waals surface area contributed by atoms with E-state index >= 15 is 0 Å². The first-order valence-corrected chi connectivity index (χ1v) is 11.5. The third-order valence-corrected chi connectivity index (χ3v) is 5.58. The van der Waals surface area contributed by atoms with Crippen molar-refractivity contribution in [2.75, 3.05) is 13.2 Å². The van der Waals surface area contributed by atoms with Gasteiger partial charge in [0.05, 0.1) is 13.2 Å². The predicted octanol–water partition coefficient (Wildman–Crippen LogP) is 5.83. The maximum absolute atomic E-state index is 13.1. The summed E-state index contributed by atoms with van der Waals surface area (Å²) in [7, 11) is 0. The molecular weight excluding hydrogens is 392 g/mol. The fraction of sp³-hybridized carbons (Fsp3) is 0.692. The first-order chi connectivity index (χ1) is 14.2. The quantitative estimate of drug-likeness (QED) is 0.391. The van der Waals surface area contributed by atoms with E-state index in [1.807, 2.05) is 60.6 Å². The van der Waals surface area contributed by atoms with Crippen LogP contribution in [0.5, 0.6) is 5.75 Å². The van der Waals surface area contributed by atoms with Crippen molar-refractivity contribution >= 4 is 11.9 Å². The molecule has 1 aromatic rings. The van der Waals surface area contributed by atoms with E-state index in [-0.39, 0.29) is 36.2 Å². The van der Waals surface area contributed by atoms with Crippen molar-refractivity contribution in [2.24, 2.45) is 5.41 Å². The van der Waals surface area contributed by atoms with E-state index in [0.717, 1.165) is 23.1 Å². The van der Waals surface area contributed by atoms with E-state index in [9.17, 15) is 14.7 Å². The molecule has 0 amide bonds. The van der Waals surface area contributed by atoms with Gasteiger partial charge in [0.1, 0.15) is 5.75 Å². The fourth-order valence-electron chi connectivity index (χ4n) is 3.83. The third-order valence-electron chi connectivity index (χ3n) is 5.58. The van der Waals surface area contributed by atoms with Crippen LogP contribution in [-0.2, 0) is 36.3 Å². The van der Waals surface area contributed by atoms with Crippen molar-refractivity contribution in [3.63, 3.8) is 0 Å². The van der Waals surface area contributed by atoms with Crippen LogP contribution in [0.15, 0.2) is 12.1 Å². The number of ether oxygens (including phenoxy) is 2. The molecule has 1 rings (SSSR count). The van der Waals surface area contributed by atoms with Crippen LogP contribution in [0, 0.1) is 5.41 Å². The summed E-state index contributed by atoms with van der Waals surface area (Å²) < 4.78 is 10.7. The summed E-state index contributed by atoms with van der Waals surface area (Å²) in [5, 5.41) is 11.0. The molecule has 0 radical (unpaired) electrons. The zero-order chi connectivity index (χ0) is 24.0. The van der Waals surface area contributed by atoms with Crippen LogP contribution in [-0.4, -0.2) is 30.3 Å². The van der Waals surface area contributed by atoms with Gasteiger partial charge >= 0.3 is 11.9 Å². The summed E-state index contributed by atoms with van der Waals surface area (Å²) in [5.41, 5.74) is 0.410. The summed E-state index contributed by atoms with van der Waals surface area (Å²) in [4.78, 5) is 26.3. The SMILES string of the molecule is CCCCC(Cc1cc(C(C)(C)C)c(O)c(C(C)(C)C)c1)(C(=O)OCC)C(=O)OCC. The van der Waals surface area contributed by atoms with Crippen molar-refractivity contribution in [3.05, 3.63) is 28.8 Å². The van der Waals surface area contributed by atoms with Crippen molar-refractivity contribution in [1.82, 2.24) is 0 Å². The van der Waals surface area contributed by atoms with E-state index in [4.69, 9.17) is 9.47 Å². The molecule has 0 aliphatic heterocycles. The molecule has 0 bridgehead atoms. The van der Waals surface area contributed by atoms with E-state index < -0.39 is 17.4 Å². The van der Waals surface area contributed by atoms with Gasteiger partial charge in [0.15, 0.2) is 5.41 Å². The number of unbranched alkanes of at least 4 members (excludes halogenated alkanes) is 1. The zero-order valence-corrected chi connectivity index (χ0v) is 21.0. The summed E-state index contributed by atoms with van der Waals surface area (Å²) in [6.07, 6.45) is 2.08. The lowest BCUT2D eigenvalue weighted by Crippen LogP contribution is -2.44. The van der Waals surface area contributed by atoms with Crippen LogP contribution >= 0.6 is 0 Å². The van der Waals surface area contributed by atoms with Gasteiger partial charge in [0.2, 0.25) is 0 Å². The molecule has 1 N–H and O–H groups in total. The van der Waals surface area contributed by atoms with Crippen LogP contribution in [0.1, 0.15) is 98.3 Å². The average Bonchev–Trinajstić information content (AvgIpc) is 2.64. The largest absolute Gasteiger partial charge is 0.507 e. The number of benzene rings is 1. The molecule has 0 aliphatic rings. The van der Waals surface area contributed by atoms with Crippen LogP contribution in [0.4, 0.5) is 0 Å². The molecule has 0 aromatic heterocycles. The Hall–Kier alpha value is -2.04. The van der Waals surface area contributed by atoms with Gasteiger partial charge in [-0.05, 0) is 54.2 Å². The van der Waals surface area contributed by atoms with Gasteiger partial charge < -0.3 is 14.6 Å². The van der Waals surface area contributed by atoms with Crippen LogP contribution in [0.25, 0.3) is 0 Å². The molecule has 0 heterocycles. The Morgan fingerprint density at radius 3 is 1.58 bits per heavy atom. The second kappa shape index (κ2) is 10.5. The standard InChI is InChI=1S/C26H42O5/c1-10-13-14-26(22(28)30-11-2,23(29)31-12-3)17-18-15-19(24(4,5)6)21(27)20(16-18)25(7,8)9/h15-16,27H,10-14,17H2,1-9H3. The molecule has 0 saturated heterocycles. The number of esters is 2. The molecule has 0 saturated carbocycles. The highest BCUT2D eigenvalue weighted by atomic mass is 16.6. The Morgan fingerprint density at radius 2 is 1.26 bits per heavy atom. The van der Waals surface area contributed by atoms with Crippen molar-refractivity contribution in [3.8, 4) is 5.75 Å². The first-order valence-electron chi connectivity index (χ1n) is 11.5. The lowest BCUT2D eigenvalue weighted by Gasteiger charge is -2.32. The highest BCUT2D eigenvalue weighted by molar-refractivity contribution is 6.00. The number of phenolic OH excluding ortho intramolecular Hbond substituents is 1. The van der Waals surface area contributed by atoms with Crippen LogP contribution in [0.3, 0.4) is 0 Å². The smallest absolute Gasteiger partial charge is 0.323 e. The number of aromatic hydroxyl groups is 1. The monoisotopic (exact) mass is 434 g/mol. The lowest BCUT2D eigenvalue weighted by atomic mass is 9.73. The van der Waals surface area contributed by atoms with Gasteiger partial charge in [0, 0.05) is 0 Å². The van der Waals surface area contributed by atoms with Crippen LogP contribution in [0.2, 0.25) is 0 Å². The minimum Gasteiger partial charge on any atom is -0.507 e. The molecule has 5 heteroatoms. The summed E-state index contributed by atoms with van der Waals surface area (Å²) in [6.45, 7) is 18.1. The van der Waals surface area contributed by atoms with Gasteiger partial charge in [0.25, 0.3) is 0 Å². The Kier molecular flexibility index (Phi) is 9.16. The Bertz CT molecular complexity index is 712. The third kappa shape index (κ3) is 6.47. The Balaban J connectivity index is 3.74.